The molecule has 10 heteroatoms. The van der Waals surface area contributed by atoms with Crippen LogP contribution < -0.4 is 0 Å². The van der Waals surface area contributed by atoms with Crippen molar-refractivity contribution in [1.82, 2.24) is 4.57 Å². The first-order valence-corrected chi connectivity index (χ1v) is 12.5. The van der Waals surface area contributed by atoms with Gasteiger partial charge in [-0.15, -0.1) is 10.2 Å². The Bertz CT molecular complexity index is 1870. The molecule has 0 unspecified atom stereocenters. The van der Waals surface area contributed by atoms with E-state index in [2.05, 4.69) is 10.2 Å². The molecule has 7 nitrogen and oxygen atoms in total. The van der Waals surface area contributed by atoms with Gasteiger partial charge in [0.15, 0.2) is 11.4 Å². The van der Waals surface area contributed by atoms with Gasteiger partial charge in [-0.05, 0) is 85.5 Å². The number of benzene rings is 4. The van der Waals surface area contributed by atoms with E-state index in [1.165, 1.54) is 22.8 Å². The lowest BCUT2D eigenvalue weighted by molar-refractivity contribution is -0.137. The lowest BCUT2D eigenvalue weighted by Gasteiger charge is -2.11. The first-order chi connectivity index (χ1) is 19.4. The molecule has 0 radical (unpaired) electrons. The van der Waals surface area contributed by atoms with Crippen LogP contribution in [0.5, 0.6) is 11.6 Å². The zero-order valence-electron chi connectivity index (χ0n) is 22.2. The minimum atomic E-state index is -4.60. The number of aromatic hydroxyl groups is 2. The zero-order chi connectivity index (χ0) is 29.6. The Labute approximate surface area is 232 Å². The fraction of sp³-hybridized carbons (Fsp3) is 0.129. The lowest BCUT2D eigenvalue weighted by Crippen LogP contribution is -2.05. The Balaban J connectivity index is 1.64. The number of fused-ring (bicyclic) bond motifs is 1. The number of para-hydroxylation sites is 1. The number of alkyl halides is 3. The van der Waals surface area contributed by atoms with Gasteiger partial charge in [0.1, 0.15) is 5.69 Å². The molecule has 3 N–H and O–H groups in total. The number of phenols is 1. The maximum absolute atomic E-state index is 13.6. The summed E-state index contributed by atoms with van der Waals surface area (Å²) in [6.07, 6.45) is -4.60. The molecule has 1 heterocycles. The van der Waals surface area contributed by atoms with Gasteiger partial charge >= 0.3 is 12.1 Å². The highest BCUT2D eigenvalue weighted by Crippen LogP contribution is 2.45. The van der Waals surface area contributed by atoms with Crippen molar-refractivity contribution < 1.29 is 33.3 Å². The van der Waals surface area contributed by atoms with Crippen molar-refractivity contribution in [2.24, 2.45) is 10.2 Å². The Morgan fingerprint density at radius 2 is 1.59 bits per heavy atom. The minimum Gasteiger partial charge on any atom is -0.505 e. The van der Waals surface area contributed by atoms with Crippen molar-refractivity contribution >= 4 is 28.2 Å². The number of phenolic OH excluding ortho intramolecular Hbond substituents is 1. The van der Waals surface area contributed by atoms with Crippen LogP contribution in [0.3, 0.4) is 0 Å². The minimum absolute atomic E-state index is 0.0425. The van der Waals surface area contributed by atoms with E-state index in [9.17, 15) is 33.3 Å². The van der Waals surface area contributed by atoms with Crippen molar-refractivity contribution in [2.45, 2.75) is 26.9 Å². The molecule has 1 aromatic heterocycles. The van der Waals surface area contributed by atoms with Crippen LogP contribution in [-0.2, 0) is 6.18 Å². The third-order valence-electron chi connectivity index (χ3n) is 7.03. The standard InChI is InChI=1S/C31H24F3N3O4/c1-16-7-10-21(14-17(16)2)37-26-15-20(31(32,33)34)9-12-24(26)27(29(37)39)36-35-25-6-4-5-23(28(25)38)19-8-11-22(30(40)41)18(3)13-19/h4-15,38-39H,1-3H3,(H,40,41). The highest BCUT2D eigenvalue weighted by atomic mass is 19.4. The summed E-state index contributed by atoms with van der Waals surface area (Å²) < 4.78 is 42.0. The number of aromatic nitrogens is 1. The molecule has 4 aromatic carbocycles. The third kappa shape index (κ3) is 5.00. The first kappa shape index (κ1) is 27.4. The van der Waals surface area contributed by atoms with Gasteiger partial charge in [0.25, 0.3) is 0 Å². The molecular weight excluding hydrogens is 535 g/mol. The summed E-state index contributed by atoms with van der Waals surface area (Å²) in [5.41, 5.74) is 3.04. The van der Waals surface area contributed by atoms with Crippen LogP contribution >= 0.6 is 0 Å². The van der Waals surface area contributed by atoms with Crippen molar-refractivity contribution in [3.05, 3.63) is 101 Å². The monoisotopic (exact) mass is 559 g/mol. The van der Waals surface area contributed by atoms with E-state index in [4.69, 9.17) is 0 Å². The molecule has 0 saturated heterocycles. The average molecular weight is 560 g/mol. The molecule has 0 amide bonds. The second-order valence-corrected chi connectivity index (χ2v) is 9.71. The Hall–Kier alpha value is -5.12. The number of nitrogens with zero attached hydrogens (tertiary/aromatic N) is 3. The van der Waals surface area contributed by atoms with Crippen molar-refractivity contribution in [2.75, 3.05) is 0 Å². The van der Waals surface area contributed by atoms with Crippen molar-refractivity contribution in [3.8, 4) is 28.4 Å². The van der Waals surface area contributed by atoms with Crippen molar-refractivity contribution in [1.29, 1.82) is 0 Å². The molecule has 0 aliphatic rings. The maximum atomic E-state index is 13.6. The van der Waals surface area contributed by atoms with E-state index in [1.807, 2.05) is 13.8 Å². The molecular formula is C31H24F3N3O4. The van der Waals surface area contributed by atoms with Gasteiger partial charge in [-0.25, -0.2) is 4.79 Å². The van der Waals surface area contributed by atoms with Crippen LogP contribution in [0.4, 0.5) is 24.5 Å². The number of aromatic carboxylic acids is 1. The number of aryl methyl sites for hydroxylation is 3. The van der Waals surface area contributed by atoms with E-state index in [-0.39, 0.29) is 33.6 Å². The highest BCUT2D eigenvalue weighted by molar-refractivity contribution is 5.97. The number of carboxylic acids is 1. The summed E-state index contributed by atoms with van der Waals surface area (Å²) in [6, 6.07) is 17.7. The highest BCUT2D eigenvalue weighted by Gasteiger charge is 2.32. The lowest BCUT2D eigenvalue weighted by atomic mass is 9.99. The van der Waals surface area contributed by atoms with Gasteiger partial charge in [-0.3, -0.25) is 4.57 Å². The van der Waals surface area contributed by atoms with Crippen LogP contribution in [0.25, 0.3) is 27.7 Å². The number of azo groups is 1. The van der Waals surface area contributed by atoms with E-state index in [0.717, 1.165) is 23.3 Å². The molecule has 0 saturated carbocycles. The average Bonchev–Trinajstić information content (AvgIpc) is 3.19. The topological polar surface area (TPSA) is 107 Å². The SMILES string of the molecule is Cc1ccc(-n2c(O)c(N=Nc3cccc(-c4ccc(C(=O)O)c(C)c4)c3O)c3ccc(C(F)(F)F)cc32)cc1C. The maximum Gasteiger partial charge on any atom is 0.416 e. The summed E-state index contributed by atoms with van der Waals surface area (Å²) in [5.74, 6) is -1.72. The zero-order valence-corrected chi connectivity index (χ0v) is 22.2. The fourth-order valence-electron chi connectivity index (χ4n) is 4.68. The quantitative estimate of drug-likeness (QED) is 0.187. The summed E-state index contributed by atoms with van der Waals surface area (Å²) in [4.78, 5) is 11.4. The number of hydrogen-bond acceptors (Lipinski definition) is 5. The van der Waals surface area contributed by atoms with Gasteiger partial charge in [-0.2, -0.15) is 13.2 Å². The van der Waals surface area contributed by atoms with Crippen molar-refractivity contribution in [3.63, 3.8) is 0 Å². The number of rotatable bonds is 5. The van der Waals surface area contributed by atoms with Gasteiger partial charge in [0.05, 0.1) is 16.6 Å². The third-order valence-corrected chi connectivity index (χ3v) is 7.03. The summed E-state index contributed by atoms with van der Waals surface area (Å²) >= 11 is 0. The molecule has 0 atom stereocenters. The Morgan fingerprint density at radius 3 is 2.24 bits per heavy atom. The molecule has 208 valence electrons. The molecule has 0 aliphatic carbocycles. The molecule has 5 rings (SSSR count). The molecule has 0 spiro atoms. The van der Waals surface area contributed by atoms with Crippen LogP contribution in [0.1, 0.15) is 32.6 Å². The number of carbonyl (C=O) groups is 1. The molecule has 41 heavy (non-hydrogen) atoms. The van der Waals surface area contributed by atoms with Crippen LogP contribution in [0.2, 0.25) is 0 Å². The fourth-order valence-corrected chi connectivity index (χ4v) is 4.68. The summed E-state index contributed by atoms with van der Waals surface area (Å²) in [5, 5.41) is 40.0. The van der Waals surface area contributed by atoms with Crippen LogP contribution in [0.15, 0.2) is 83.0 Å². The normalized spacial score (nSPS) is 12.0. The van der Waals surface area contributed by atoms with E-state index in [0.29, 0.717) is 22.4 Å². The van der Waals surface area contributed by atoms with Gasteiger partial charge in [0.2, 0.25) is 5.88 Å². The van der Waals surface area contributed by atoms with Gasteiger partial charge in [0, 0.05) is 16.6 Å². The first-order valence-electron chi connectivity index (χ1n) is 12.5. The second-order valence-electron chi connectivity index (χ2n) is 9.71. The number of carboxylic acid groups (broad SMARTS) is 1. The Morgan fingerprint density at radius 1 is 0.829 bits per heavy atom. The molecule has 5 aromatic rings. The Kier molecular flexibility index (Phi) is 6.78. The molecule has 0 bridgehead atoms. The van der Waals surface area contributed by atoms with E-state index >= 15 is 0 Å². The van der Waals surface area contributed by atoms with E-state index in [1.54, 1.807) is 49.4 Å². The molecule has 0 fully saturated rings. The van der Waals surface area contributed by atoms with Crippen LogP contribution in [0, 0.1) is 20.8 Å². The largest absolute Gasteiger partial charge is 0.505 e. The van der Waals surface area contributed by atoms with E-state index < -0.39 is 23.6 Å². The smallest absolute Gasteiger partial charge is 0.416 e. The number of halogens is 3. The van der Waals surface area contributed by atoms with Gasteiger partial charge < -0.3 is 15.3 Å². The predicted molar refractivity (Wildman–Crippen MR) is 149 cm³/mol. The summed E-state index contributed by atoms with van der Waals surface area (Å²) in [6.45, 7) is 5.40. The van der Waals surface area contributed by atoms with Crippen LogP contribution in [-0.4, -0.2) is 25.9 Å². The van der Waals surface area contributed by atoms with Gasteiger partial charge in [-0.1, -0.05) is 30.3 Å². The molecule has 0 aliphatic heterocycles. The predicted octanol–water partition coefficient (Wildman–Crippen LogP) is 8.77. The second kappa shape index (κ2) is 10.1. The summed E-state index contributed by atoms with van der Waals surface area (Å²) in [7, 11) is 0. The number of hydrogen-bond donors (Lipinski definition) is 3.